The van der Waals surface area contributed by atoms with Crippen LogP contribution in [0.1, 0.15) is 51.4 Å². The number of aliphatic hydroxyl groups is 1. The van der Waals surface area contributed by atoms with Crippen LogP contribution in [0.2, 0.25) is 0 Å². The van der Waals surface area contributed by atoms with E-state index in [0.717, 1.165) is 11.8 Å². The Hall–Kier alpha value is -0.0400. The van der Waals surface area contributed by atoms with Gasteiger partial charge in [0.25, 0.3) is 0 Å². The molecule has 3 rings (SSSR count). The molecule has 0 radical (unpaired) electrons. The lowest BCUT2D eigenvalue weighted by molar-refractivity contribution is 0.0174. The highest BCUT2D eigenvalue weighted by Gasteiger charge is 2.49. The van der Waals surface area contributed by atoms with E-state index in [1.807, 2.05) is 0 Å². The predicted molar refractivity (Wildman–Crippen MR) is 56.9 cm³/mol. The quantitative estimate of drug-likeness (QED) is 0.680. The van der Waals surface area contributed by atoms with Gasteiger partial charge in [0, 0.05) is 0 Å². The highest BCUT2D eigenvalue weighted by molar-refractivity contribution is 4.99. The second-order valence-corrected chi connectivity index (χ2v) is 5.80. The maximum absolute atomic E-state index is 10.2. The minimum Gasteiger partial charge on any atom is -0.393 e. The van der Waals surface area contributed by atoms with Crippen molar-refractivity contribution in [3.63, 3.8) is 0 Å². The van der Waals surface area contributed by atoms with E-state index in [1.165, 1.54) is 51.4 Å². The van der Waals surface area contributed by atoms with E-state index >= 15 is 0 Å². The van der Waals surface area contributed by atoms with Gasteiger partial charge in [0.05, 0.1) is 6.10 Å². The highest BCUT2D eigenvalue weighted by atomic mass is 16.3. The predicted octanol–water partition coefficient (Wildman–Crippen LogP) is 2.97. The first-order valence-corrected chi connectivity index (χ1v) is 6.54. The molecule has 4 unspecified atom stereocenters. The Balaban J connectivity index is 1.71. The van der Waals surface area contributed by atoms with Gasteiger partial charge >= 0.3 is 0 Å². The van der Waals surface area contributed by atoms with Crippen LogP contribution in [0.25, 0.3) is 0 Å². The lowest BCUT2D eigenvalue weighted by atomic mass is 9.71. The molecule has 0 heterocycles. The van der Waals surface area contributed by atoms with Gasteiger partial charge in [0.1, 0.15) is 0 Å². The van der Waals surface area contributed by atoms with Crippen molar-refractivity contribution in [2.45, 2.75) is 57.5 Å². The van der Waals surface area contributed by atoms with Gasteiger partial charge in [0.2, 0.25) is 0 Å². The molecule has 0 spiro atoms. The largest absolute Gasteiger partial charge is 0.393 e. The van der Waals surface area contributed by atoms with E-state index in [1.54, 1.807) is 0 Å². The molecule has 0 aromatic heterocycles. The maximum Gasteiger partial charge on any atom is 0.0601 e. The Morgan fingerprint density at radius 2 is 1.43 bits per heavy atom. The normalized spacial score (nSPS) is 48.6. The van der Waals surface area contributed by atoms with Crippen LogP contribution in [0.4, 0.5) is 0 Å². The van der Waals surface area contributed by atoms with E-state index in [0.29, 0.717) is 11.8 Å². The van der Waals surface area contributed by atoms with Crippen molar-refractivity contribution in [2.24, 2.45) is 23.7 Å². The molecule has 1 nitrogen and oxygen atoms in total. The van der Waals surface area contributed by atoms with Crippen molar-refractivity contribution in [2.75, 3.05) is 0 Å². The van der Waals surface area contributed by atoms with Crippen molar-refractivity contribution in [3.05, 3.63) is 0 Å². The monoisotopic (exact) mass is 194 g/mol. The minimum absolute atomic E-state index is 0.0804. The van der Waals surface area contributed by atoms with Crippen LogP contribution >= 0.6 is 0 Å². The summed E-state index contributed by atoms with van der Waals surface area (Å²) in [4.78, 5) is 0. The molecule has 3 aliphatic carbocycles. The van der Waals surface area contributed by atoms with Gasteiger partial charge in [-0.15, -0.1) is 0 Å². The lowest BCUT2D eigenvalue weighted by Gasteiger charge is -2.36. The second kappa shape index (κ2) is 3.52. The molecular formula is C13H22O. The summed E-state index contributed by atoms with van der Waals surface area (Å²) < 4.78 is 0. The maximum atomic E-state index is 10.2. The van der Waals surface area contributed by atoms with Crippen molar-refractivity contribution in [1.29, 1.82) is 0 Å². The fraction of sp³-hybridized carbons (Fsp3) is 1.00. The van der Waals surface area contributed by atoms with Crippen LogP contribution in [-0.4, -0.2) is 11.2 Å². The number of rotatable bonds is 1. The summed E-state index contributed by atoms with van der Waals surface area (Å²) in [7, 11) is 0. The Bertz CT molecular complexity index is 205. The van der Waals surface area contributed by atoms with E-state index in [2.05, 4.69) is 0 Å². The average molecular weight is 194 g/mol. The van der Waals surface area contributed by atoms with Gasteiger partial charge in [-0.1, -0.05) is 32.1 Å². The zero-order valence-electron chi connectivity index (χ0n) is 8.99. The molecule has 14 heavy (non-hydrogen) atoms. The summed E-state index contributed by atoms with van der Waals surface area (Å²) in [5.41, 5.74) is 0. The van der Waals surface area contributed by atoms with E-state index in [-0.39, 0.29) is 6.10 Å². The number of hydrogen-bond donors (Lipinski definition) is 1. The van der Waals surface area contributed by atoms with Crippen LogP contribution in [0, 0.1) is 23.7 Å². The van der Waals surface area contributed by atoms with Crippen molar-refractivity contribution in [1.82, 2.24) is 0 Å². The number of hydrogen-bond acceptors (Lipinski definition) is 1. The van der Waals surface area contributed by atoms with Crippen molar-refractivity contribution < 1.29 is 5.11 Å². The number of aliphatic hydroxyl groups excluding tert-OH is 1. The molecule has 0 aromatic carbocycles. The Labute approximate surface area is 86.9 Å². The van der Waals surface area contributed by atoms with Gasteiger partial charge in [-0.2, -0.15) is 0 Å². The summed E-state index contributed by atoms with van der Waals surface area (Å²) in [6, 6.07) is 0. The zero-order valence-corrected chi connectivity index (χ0v) is 8.99. The number of fused-ring (bicyclic) bond motifs is 2. The summed E-state index contributed by atoms with van der Waals surface area (Å²) in [5, 5.41) is 10.2. The van der Waals surface area contributed by atoms with E-state index in [4.69, 9.17) is 0 Å². The summed E-state index contributed by atoms with van der Waals surface area (Å²) in [6.07, 6.45) is 11.3. The molecule has 1 N–H and O–H groups in total. The minimum atomic E-state index is 0.0804. The van der Waals surface area contributed by atoms with E-state index < -0.39 is 0 Å². The third-order valence-electron chi connectivity index (χ3n) is 5.13. The lowest BCUT2D eigenvalue weighted by Crippen LogP contribution is -2.34. The molecule has 1 heteroatoms. The standard InChI is InChI=1S/C13H22O/c14-13-11-7-6-10(8-11)12(13)9-4-2-1-3-5-9/h9-14H,1-8H2. The second-order valence-electron chi connectivity index (χ2n) is 5.80. The fourth-order valence-electron chi connectivity index (χ4n) is 4.49. The third-order valence-corrected chi connectivity index (χ3v) is 5.13. The van der Waals surface area contributed by atoms with Gasteiger partial charge in [-0.3, -0.25) is 0 Å². The molecule has 2 bridgehead atoms. The first-order chi connectivity index (χ1) is 6.86. The molecule has 4 atom stereocenters. The molecule has 0 amide bonds. The Morgan fingerprint density at radius 1 is 0.714 bits per heavy atom. The molecule has 3 aliphatic rings. The molecular weight excluding hydrogens is 172 g/mol. The Morgan fingerprint density at radius 3 is 2.07 bits per heavy atom. The molecule has 3 fully saturated rings. The Kier molecular flexibility index (Phi) is 2.31. The van der Waals surface area contributed by atoms with Gasteiger partial charge < -0.3 is 5.11 Å². The SMILES string of the molecule is OC1C2CCC(C2)C1C1CCCCC1. The average Bonchev–Trinajstić information content (AvgIpc) is 2.79. The zero-order chi connectivity index (χ0) is 9.54. The summed E-state index contributed by atoms with van der Waals surface area (Å²) >= 11 is 0. The van der Waals surface area contributed by atoms with Crippen molar-refractivity contribution >= 4 is 0 Å². The molecule has 3 saturated carbocycles. The van der Waals surface area contributed by atoms with Crippen LogP contribution in [0.3, 0.4) is 0 Å². The first-order valence-electron chi connectivity index (χ1n) is 6.54. The van der Waals surface area contributed by atoms with Gasteiger partial charge in [0.15, 0.2) is 0 Å². The van der Waals surface area contributed by atoms with E-state index in [9.17, 15) is 5.11 Å². The van der Waals surface area contributed by atoms with Crippen LogP contribution in [0.15, 0.2) is 0 Å². The molecule has 0 saturated heterocycles. The first kappa shape index (κ1) is 9.21. The summed E-state index contributed by atoms with van der Waals surface area (Å²) in [5.74, 6) is 3.17. The van der Waals surface area contributed by atoms with Crippen molar-refractivity contribution in [3.8, 4) is 0 Å². The molecule has 80 valence electrons. The van der Waals surface area contributed by atoms with Crippen LogP contribution in [0.5, 0.6) is 0 Å². The van der Waals surface area contributed by atoms with Crippen LogP contribution < -0.4 is 0 Å². The van der Waals surface area contributed by atoms with Gasteiger partial charge in [-0.05, 0) is 42.9 Å². The highest BCUT2D eigenvalue weighted by Crippen LogP contribution is 2.53. The third kappa shape index (κ3) is 1.32. The molecule has 0 aliphatic heterocycles. The smallest absolute Gasteiger partial charge is 0.0601 e. The molecule has 0 aromatic rings. The van der Waals surface area contributed by atoms with Gasteiger partial charge in [-0.25, -0.2) is 0 Å². The van der Waals surface area contributed by atoms with Crippen LogP contribution in [-0.2, 0) is 0 Å². The fourth-order valence-corrected chi connectivity index (χ4v) is 4.49. The summed E-state index contributed by atoms with van der Waals surface area (Å²) in [6.45, 7) is 0. The topological polar surface area (TPSA) is 20.2 Å².